The number of ether oxygens (including phenoxy) is 1. The molecule has 2 saturated heterocycles. The molecule has 2 aliphatic heterocycles. The van der Waals surface area contributed by atoms with Gasteiger partial charge in [-0.3, -0.25) is 0 Å². The van der Waals surface area contributed by atoms with E-state index in [0.29, 0.717) is 12.2 Å². The van der Waals surface area contributed by atoms with Crippen molar-refractivity contribution in [3.8, 4) is 0 Å². The normalized spacial score (nSPS) is 37.1. The largest absolute Gasteiger partial charge is 0.373 e. The van der Waals surface area contributed by atoms with Gasteiger partial charge >= 0.3 is 0 Å². The predicted octanol–water partition coefficient (Wildman–Crippen LogP) is 2.50. The first-order chi connectivity index (χ1) is 7.69. The van der Waals surface area contributed by atoms with Crippen LogP contribution in [0.3, 0.4) is 0 Å². The third kappa shape index (κ3) is 1.71. The monoisotopic (exact) mass is 237 g/mol. The molecule has 3 heteroatoms. The first-order valence-corrected chi connectivity index (χ1v) is 7.03. The van der Waals surface area contributed by atoms with Crippen LogP contribution in [0, 0.1) is 0 Å². The maximum absolute atomic E-state index is 6.51. The van der Waals surface area contributed by atoms with Gasteiger partial charge in [0.2, 0.25) is 0 Å². The lowest BCUT2D eigenvalue weighted by atomic mass is 9.80. The molecular formula is C13H19NOS. The average Bonchev–Trinajstić information content (AvgIpc) is 2.92. The van der Waals surface area contributed by atoms with Gasteiger partial charge in [-0.1, -0.05) is 6.92 Å². The van der Waals surface area contributed by atoms with Crippen molar-refractivity contribution in [2.75, 3.05) is 0 Å². The first-order valence-electron chi connectivity index (χ1n) is 6.21. The van der Waals surface area contributed by atoms with E-state index in [9.17, 15) is 0 Å². The Bertz CT molecular complexity index is 389. The second-order valence-electron chi connectivity index (χ2n) is 5.16. The predicted molar refractivity (Wildman–Crippen MR) is 66.8 cm³/mol. The van der Waals surface area contributed by atoms with Crippen molar-refractivity contribution >= 4 is 11.3 Å². The van der Waals surface area contributed by atoms with Crippen LogP contribution in [0.2, 0.25) is 0 Å². The molecule has 3 heterocycles. The van der Waals surface area contributed by atoms with Crippen molar-refractivity contribution in [2.45, 2.75) is 56.8 Å². The highest BCUT2D eigenvalue weighted by atomic mass is 32.1. The van der Waals surface area contributed by atoms with Gasteiger partial charge in [0.05, 0.1) is 12.2 Å². The van der Waals surface area contributed by atoms with Crippen LogP contribution in [0.15, 0.2) is 12.1 Å². The number of fused-ring (bicyclic) bond motifs is 2. The van der Waals surface area contributed by atoms with E-state index >= 15 is 0 Å². The van der Waals surface area contributed by atoms with Gasteiger partial charge in [-0.05, 0) is 37.8 Å². The first kappa shape index (κ1) is 10.8. The number of nitrogens with two attached hydrogens (primary N) is 1. The second kappa shape index (κ2) is 3.83. The summed E-state index contributed by atoms with van der Waals surface area (Å²) in [6.45, 7) is 2.20. The summed E-state index contributed by atoms with van der Waals surface area (Å²) < 4.78 is 5.87. The smallest absolute Gasteiger partial charge is 0.0763 e. The highest BCUT2D eigenvalue weighted by Gasteiger charge is 2.49. The second-order valence-corrected chi connectivity index (χ2v) is 6.41. The highest BCUT2D eigenvalue weighted by Crippen LogP contribution is 2.42. The zero-order chi connectivity index (χ0) is 11.2. The lowest BCUT2D eigenvalue weighted by Crippen LogP contribution is -2.50. The lowest BCUT2D eigenvalue weighted by molar-refractivity contribution is 0.0858. The molecule has 2 aliphatic rings. The molecule has 1 aromatic rings. The quantitative estimate of drug-likeness (QED) is 0.876. The number of aryl methyl sites for hydroxylation is 1. The van der Waals surface area contributed by atoms with E-state index in [4.69, 9.17) is 10.5 Å². The van der Waals surface area contributed by atoms with E-state index < -0.39 is 0 Å². The zero-order valence-electron chi connectivity index (χ0n) is 9.74. The van der Waals surface area contributed by atoms with E-state index in [2.05, 4.69) is 19.1 Å². The van der Waals surface area contributed by atoms with Crippen LogP contribution in [0.5, 0.6) is 0 Å². The summed E-state index contributed by atoms with van der Waals surface area (Å²) in [6.07, 6.45) is 6.31. The van der Waals surface area contributed by atoms with Crippen LogP contribution in [-0.4, -0.2) is 17.7 Å². The summed E-state index contributed by atoms with van der Waals surface area (Å²) in [7, 11) is 0. The maximum atomic E-state index is 6.51. The molecule has 16 heavy (non-hydrogen) atoms. The van der Waals surface area contributed by atoms with Crippen molar-refractivity contribution < 1.29 is 4.74 Å². The van der Waals surface area contributed by atoms with E-state index in [1.54, 1.807) is 0 Å². The highest BCUT2D eigenvalue weighted by molar-refractivity contribution is 7.12. The molecule has 0 aliphatic carbocycles. The Morgan fingerprint density at radius 3 is 2.81 bits per heavy atom. The summed E-state index contributed by atoms with van der Waals surface area (Å²) in [6, 6.07) is 4.47. The van der Waals surface area contributed by atoms with Crippen molar-refractivity contribution in [3.63, 3.8) is 0 Å². The fourth-order valence-corrected chi connectivity index (χ4v) is 4.15. The van der Waals surface area contributed by atoms with Crippen LogP contribution in [0.25, 0.3) is 0 Å². The fraction of sp³-hybridized carbons (Fsp3) is 0.692. The molecule has 2 N–H and O–H groups in total. The molecular weight excluding hydrogens is 218 g/mol. The molecule has 3 unspecified atom stereocenters. The van der Waals surface area contributed by atoms with Crippen molar-refractivity contribution in [1.82, 2.24) is 0 Å². The topological polar surface area (TPSA) is 35.2 Å². The molecule has 0 radical (unpaired) electrons. The molecule has 2 nitrogen and oxygen atoms in total. The van der Waals surface area contributed by atoms with Gasteiger partial charge in [-0.25, -0.2) is 0 Å². The Balaban J connectivity index is 1.74. The Morgan fingerprint density at radius 1 is 1.44 bits per heavy atom. The van der Waals surface area contributed by atoms with Crippen LogP contribution < -0.4 is 5.73 Å². The van der Waals surface area contributed by atoms with Gasteiger partial charge in [0.1, 0.15) is 0 Å². The fourth-order valence-electron chi connectivity index (χ4n) is 3.05. The molecule has 88 valence electrons. The summed E-state index contributed by atoms with van der Waals surface area (Å²) in [5.41, 5.74) is 6.42. The summed E-state index contributed by atoms with van der Waals surface area (Å²) in [4.78, 5) is 2.89. The molecule has 3 rings (SSSR count). The number of rotatable bonds is 3. The van der Waals surface area contributed by atoms with E-state index in [-0.39, 0.29) is 5.54 Å². The molecule has 0 spiro atoms. The summed E-state index contributed by atoms with van der Waals surface area (Å²) >= 11 is 1.91. The Labute approximate surface area is 101 Å². The Kier molecular flexibility index (Phi) is 2.57. The SMILES string of the molecule is CCc1ccc(CC2(N)CC3CCC2O3)s1. The minimum Gasteiger partial charge on any atom is -0.373 e. The van der Waals surface area contributed by atoms with Gasteiger partial charge < -0.3 is 10.5 Å². The molecule has 0 aromatic carbocycles. The minimum atomic E-state index is -0.0845. The standard InChI is InChI=1S/C13H19NOS/c1-2-10-4-5-11(16-10)8-13(14)7-9-3-6-12(13)15-9/h4-5,9,12H,2-3,6-8,14H2,1H3. The Hall–Kier alpha value is -0.380. The average molecular weight is 237 g/mol. The van der Waals surface area contributed by atoms with Crippen LogP contribution >= 0.6 is 11.3 Å². The summed E-state index contributed by atoms with van der Waals surface area (Å²) in [5.74, 6) is 0. The third-order valence-electron chi connectivity index (χ3n) is 3.93. The number of thiophene rings is 1. The van der Waals surface area contributed by atoms with Gasteiger partial charge in [-0.2, -0.15) is 0 Å². The van der Waals surface area contributed by atoms with Crippen LogP contribution in [-0.2, 0) is 17.6 Å². The third-order valence-corrected chi connectivity index (χ3v) is 5.16. The van der Waals surface area contributed by atoms with Gasteiger partial charge in [0.25, 0.3) is 0 Å². The molecule has 0 amide bonds. The minimum absolute atomic E-state index is 0.0845. The molecule has 2 bridgehead atoms. The molecule has 2 fully saturated rings. The zero-order valence-corrected chi connectivity index (χ0v) is 10.6. The van der Waals surface area contributed by atoms with Crippen molar-refractivity contribution in [3.05, 3.63) is 21.9 Å². The van der Waals surface area contributed by atoms with Gasteiger partial charge in [0, 0.05) is 21.7 Å². The lowest BCUT2D eigenvalue weighted by Gasteiger charge is -2.30. The summed E-state index contributed by atoms with van der Waals surface area (Å²) in [5, 5.41) is 0. The number of hydrogen-bond donors (Lipinski definition) is 1. The molecule has 1 aromatic heterocycles. The Morgan fingerprint density at radius 2 is 2.25 bits per heavy atom. The maximum Gasteiger partial charge on any atom is 0.0763 e. The van der Waals surface area contributed by atoms with E-state index in [1.165, 1.54) is 16.2 Å². The number of hydrogen-bond acceptors (Lipinski definition) is 3. The van der Waals surface area contributed by atoms with Gasteiger partial charge in [-0.15, -0.1) is 11.3 Å². The van der Waals surface area contributed by atoms with Gasteiger partial charge in [0.15, 0.2) is 0 Å². The molecule has 3 atom stereocenters. The van der Waals surface area contributed by atoms with E-state index in [1.807, 2.05) is 11.3 Å². The van der Waals surface area contributed by atoms with Crippen LogP contribution in [0.4, 0.5) is 0 Å². The van der Waals surface area contributed by atoms with Crippen molar-refractivity contribution in [2.24, 2.45) is 5.73 Å². The van der Waals surface area contributed by atoms with Crippen molar-refractivity contribution in [1.29, 1.82) is 0 Å². The van der Waals surface area contributed by atoms with Crippen LogP contribution in [0.1, 0.15) is 35.9 Å². The van der Waals surface area contributed by atoms with E-state index in [0.717, 1.165) is 25.7 Å². The molecule has 0 saturated carbocycles.